The molecule has 1 amide bonds. The van der Waals surface area contributed by atoms with E-state index >= 15 is 0 Å². The summed E-state index contributed by atoms with van der Waals surface area (Å²) in [5.74, 6) is 0.258. The number of hydrogen-bond acceptors (Lipinski definition) is 1. The fraction of sp³-hybridized carbons (Fsp3) is 0.389. The number of hydrogen-bond donors (Lipinski definition) is 0. The third kappa shape index (κ3) is 2.37. The van der Waals surface area contributed by atoms with Gasteiger partial charge in [-0.1, -0.05) is 38.1 Å². The predicted octanol–water partition coefficient (Wildman–Crippen LogP) is 3.38. The second-order valence-electron chi connectivity index (χ2n) is 6.07. The number of amides is 1. The zero-order valence-electron chi connectivity index (χ0n) is 12.9. The van der Waals surface area contributed by atoms with Crippen molar-refractivity contribution >= 4 is 5.91 Å². The molecular weight excluding hydrogens is 260 g/mol. The summed E-state index contributed by atoms with van der Waals surface area (Å²) in [6.07, 6.45) is 2.11. The van der Waals surface area contributed by atoms with E-state index in [0.29, 0.717) is 0 Å². The van der Waals surface area contributed by atoms with Crippen molar-refractivity contribution in [3.05, 3.63) is 59.4 Å². The molecule has 0 radical (unpaired) electrons. The standard InChI is InChI=1S/C18H22N2O/c1-13(2)18(21)20-12-11-19-10-6-9-16(19)17(20)15-8-5-4-7-14(15)3/h4-10,13,17H,11-12H2,1-3H3. The highest BCUT2D eigenvalue weighted by molar-refractivity contribution is 5.79. The Morgan fingerprint density at radius 2 is 1.90 bits per heavy atom. The molecule has 1 aliphatic heterocycles. The Hall–Kier alpha value is -2.03. The molecule has 1 atom stereocenters. The van der Waals surface area contributed by atoms with Crippen molar-refractivity contribution < 1.29 is 4.79 Å². The maximum atomic E-state index is 12.6. The molecule has 0 saturated carbocycles. The molecule has 110 valence electrons. The van der Waals surface area contributed by atoms with Gasteiger partial charge in [0.15, 0.2) is 0 Å². The first-order valence-corrected chi connectivity index (χ1v) is 7.60. The number of carbonyl (C=O) groups excluding carboxylic acids is 1. The molecule has 2 aromatic rings. The van der Waals surface area contributed by atoms with Gasteiger partial charge >= 0.3 is 0 Å². The first kappa shape index (κ1) is 13.9. The monoisotopic (exact) mass is 282 g/mol. The van der Waals surface area contributed by atoms with E-state index in [-0.39, 0.29) is 17.9 Å². The highest BCUT2D eigenvalue weighted by atomic mass is 16.2. The Bertz CT molecular complexity index is 657. The van der Waals surface area contributed by atoms with E-state index < -0.39 is 0 Å². The van der Waals surface area contributed by atoms with Gasteiger partial charge in [0.25, 0.3) is 0 Å². The molecule has 3 rings (SSSR count). The summed E-state index contributed by atoms with van der Waals surface area (Å²) < 4.78 is 2.27. The largest absolute Gasteiger partial charge is 0.348 e. The summed E-state index contributed by atoms with van der Waals surface area (Å²) in [5, 5.41) is 0. The first-order valence-electron chi connectivity index (χ1n) is 7.60. The van der Waals surface area contributed by atoms with Gasteiger partial charge in [0.05, 0.1) is 6.04 Å². The molecule has 3 nitrogen and oxygen atoms in total. The van der Waals surface area contributed by atoms with E-state index in [1.165, 1.54) is 16.8 Å². The summed E-state index contributed by atoms with van der Waals surface area (Å²) in [7, 11) is 0. The quantitative estimate of drug-likeness (QED) is 0.829. The summed E-state index contributed by atoms with van der Waals surface area (Å²) in [4.78, 5) is 14.7. The highest BCUT2D eigenvalue weighted by Gasteiger charge is 2.33. The third-order valence-corrected chi connectivity index (χ3v) is 4.30. The molecule has 3 heteroatoms. The molecule has 0 N–H and O–H groups in total. The number of aryl methyl sites for hydroxylation is 1. The molecular formula is C18H22N2O. The van der Waals surface area contributed by atoms with Gasteiger partial charge in [0, 0.05) is 30.9 Å². The molecule has 0 saturated heterocycles. The fourth-order valence-corrected chi connectivity index (χ4v) is 3.17. The number of rotatable bonds is 2. The minimum Gasteiger partial charge on any atom is -0.348 e. The van der Waals surface area contributed by atoms with Gasteiger partial charge in [-0.3, -0.25) is 4.79 Å². The summed E-state index contributed by atoms with van der Waals surface area (Å²) >= 11 is 0. The summed E-state index contributed by atoms with van der Waals surface area (Å²) in [5.41, 5.74) is 3.68. The molecule has 21 heavy (non-hydrogen) atoms. The Labute approximate surface area is 126 Å². The SMILES string of the molecule is Cc1ccccc1C1c2cccn2CCN1C(=O)C(C)C. The minimum atomic E-state index is 0.0260. The van der Waals surface area contributed by atoms with E-state index in [0.717, 1.165) is 13.1 Å². The van der Waals surface area contributed by atoms with Crippen molar-refractivity contribution in [1.82, 2.24) is 9.47 Å². The topological polar surface area (TPSA) is 25.2 Å². The number of benzene rings is 1. The second-order valence-corrected chi connectivity index (χ2v) is 6.07. The van der Waals surface area contributed by atoms with Crippen LogP contribution in [0.15, 0.2) is 42.6 Å². The molecule has 1 aromatic heterocycles. The van der Waals surface area contributed by atoms with Gasteiger partial charge in [0.2, 0.25) is 5.91 Å². The van der Waals surface area contributed by atoms with Gasteiger partial charge in [-0.05, 0) is 30.2 Å². The maximum Gasteiger partial charge on any atom is 0.226 e. The highest BCUT2D eigenvalue weighted by Crippen LogP contribution is 2.34. The van der Waals surface area contributed by atoms with Crippen molar-refractivity contribution in [3.63, 3.8) is 0 Å². The molecule has 1 unspecified atom stereocenters. The molecule has 1 aliphatic rings. The van der Waals surface area contributed by atoms with E-state index in [4.69, 9.17) is 0 Å². The minimum absolute atomic E-state index is 0.0260. The fourth-order valence-electron chi connectivity index (χ4n) is 3.17. The van der Waals surface area contributed by atoms with Gasteiger partial charge < -0.3 is 9.47 Å². The van der Waals surface area contributed by atoms with Crippen molar-refractivity contribution in [2.45, 2.75) is 33.4 Å². The molecule has 0 fully saturated rings. The Morgan fingerprint density at radius 3 is 2.62 bits per heavy atom. The van der Waals surface area contributed by atoms with Crippen LogP contribution >= 0.6 is 0 Å². The van der Waals surface area contributed by atoms with Crippen molar-refractivity contribution in [3.8, 4) is 0 Å². The van der Waals surface area contributed by atoms with Crippen LogP contribution in [0.4, 0.5) is 0 Å². The Balaban J connectivity index is 2.11. The van der Waals surface area contributed by atoms with Gasteiger partial charge in [-0.25, -0.2) is 0 Å². The van der Waals surface area contributed by atoms with E-state index in [2.05, 4.69) is 54.1 Å². The lowest BCUT2D eigenvalue weighted by molar-refractivity contribution is -0.137. The van der Waals surface area contributed by atoms with Crippen LogP contribution in [0.3, 0.4) is 0 Å². The maximum absolute atomic E-state index is 12.6. The normalized spacial score (nSPS) is 17.9. The number of nitrogens with zero attached hydrogens (tertiary/aromatic N) is 2. The van der Waals surface area contributed by atoms with Crippen molar-refractivity contribution in [1.29, 1.82) is 0 Å². The van der Waals surface area contributed by atoms with Gasteiger partial charge in [-0.15, -0.1) is 0 Å². The van der Waals surface area contributed by atoms with Crippen LogP contribution in [0.5, 0.6) is 0 Å². The molecule has 0 bridgehead atoms. The third-order valence-electron chi connectivity index (χ3n) is 4.30. The van der Waals surface area contributed by atoms with Crippen molar-refractivity contribution in [2.75, 3.05) is 6.54 Å². The average Bonchev–Trinajstić information content (AvgIpc) is 2.94. The van der Waals surface area contributed by atoms with Crippen LogP contribution < -0.4 is 0 Å². The van der Waals surface area contributed by atoms with Crippen LogP contribution in [-0.2, 0) is 11.3 Å². The van der Waals surface area contributed by atoms with E-state index in [9.17, 15) is 4.79 Å². The zero-order valence-corrected chi connectivity index (χ0v) is 12.9. The molecule has 0 spiro atoms. The van der Waals surface area contributed by atoms with Crippen LogP contribution in [0, 0.1) is 12.8 Å². The zero-order chi connectivity index (χ0) is 15.0. The number of carbonyl (C=O) groups is 1. The number of aromatic nitrogens is 1. The van der Waals surface area contributed by atoms with Crippen LogP contribution in [-0.4, -0.2) is 21.9 Å². The van der Waals surface area contributed by atoms with Crippen LogP contribution in [0.1, 0.15) is 36.7 Å². The van der Waals surface area contributed by atoms with Crippen LogP contribution in [0.25, 0.3) is 0 Å². The first-order chi connectivity index (χ1) is 10.1. The smallest absolute Gasteiger partial charge is 0.226 e. The Kier molecular flexibility index (Phi) is 3.58. The summed E-state index contributed by atoms with van der Waals surface area (Å²) in [6, 6.07) is 12.6. The number of fused-ring (bicyclic) bond motifs is 1. The predicted molar refractivity (Wildman–Crippen MR) is 84.0 cm³/mol. The molecule has 1 aromatic carbocycles. The van der Waals surface area contributed by atoms with Crippen LogP contribution in [0.2, 0.25) is 0 Å². The lowest BCUT2D eigenvalue weighted by Crippen LogP contribution is -2.44. The second kappa shape index (κ2) is 5.40. The lowest BCUT2D eigenvalue weighted by Gasteiger charge is -2.39. The molecule has 2 heterocycles. The summed E-state index contributed by atoms with van der Waals surface area (Å²) in [6.45, 7) is 7.73. The van der Waals surface area contributed by atoms with E-state index in [1.54, 1.807) is 0 Å². The van der Waals surface area contributed by atoms with Crippen molar-refractivity contribution in [2.24, 2.45) is 5.92 Å². The lowest BCUT2D eigenvalue weighted by atomic mass is 9.95. The average molecular weight is 282 g/mol. The van der Waals surface area contributed by atoms with Gasteiger partial charge in [0.1, 0.15) is 0 Å². The molecule has 0 aliphatic carbocycles. The van der Waals surface area contributed by atoms with Gasteiger partial charge in [-0.2, -0.15) is 0 Å². The van der Waals surface area contributed by atoms with E-state index in [1.807, 2.05) is 18.7 Å². The Morgan fingerprint density at radius 1 is 1.14 bits per heavy atom.